The van der Waals surface area contributed by atoms with Crippen molar-refractivity contribution in [3.05, 3.63) is 29.8 Å². The molecule has 0 aliphatic carbocycles. The van der Waals surface area contributed by atoms with Gasteiger partial charge in [-0.2, -0.15) is 0 Å². The van der Waals surface area contributed by atoms with Crippen LogP contribution in [0.25, 0.3) is 0 Å². The van der Waals surface area contributed by atoms with Crippen molar-refractivity contribution in [2.24, 2.45) is 0 Å². The molecule has 1 aromatic carbocycles. The number of carbonyl (C=O) groups is 1. The number of carbonyl (C=O) groups excluding carboxylic acids is 1. The molecule has 1 aliphatic heterocycles. The lowest BCUT2D eigenvalue weighted by Crippen LogP contribution is -2.48. The predicted molar refractivity (Wildman–Crippen MR) is 73.6 cm³/mol. The molecule has 1 heterocycles. The number of amides is 1. The van der Waals surface area contributed by atoms with Crippen LogP contribution in [-0.2, 0) is 9.53 Å². The quantitative estimate of drug-likeness (QED) is 0.698. The summed E-state index contributed by atoms with van der Waals surface area (Å²) in [6.07, 6.45) is -1.23. The maximum atomic E-state index is 11.8. The number of aliphatic hydroxyl groups excluding tert-OH is 1. The van der Waals surface area contributed by atoms with Crippen LogP contribution < -0.4 is 15.4 Å². The first-order chi connectivity index (χ1) is 9.70. The van der Waals surface area contributed by atoms with Gasteiger partial charge in [0.05, 0.1) is 19.8 Å². The van der Waals surface area contributed by atoms with Crippen molar-refractivity contribution in [3.63, 3.8) is 0 Å². The first-order valence-electron chi connectivity index (χ1n) is 6.62. The fourth-order valence-electron chi connectivity index (χ4n) is 1.99. The largest absolute Gasteiger partial charge is 0.497 e. The highest BCUT2D eigenvalue weighted by atomic mass is 16.5. The fraction of sp³-hybridized carbons (Fsp3) is 0.500. The van der Waals surface area contributed by atoms with Crippen LogP contribution >= 0.6 is 0 Å². The topological polar surface area (TPSA) is 79.8 Å². The van der Waals surface area contributed by atoms with Crippen LogP contribution in [0, 0.1) is 0 Å². The molecule has 6 heteroatoms. The number of morpholine rings is 1. The van der Waals surface area contributed by atoms with Crippen molar-refractivity contribution in [3.8, 4) is 5.75 Å². The number of aliphatic hydroxyl groups is 1. The second-order valence-electron chi connectivity index (χ2n) is 4.60. The SMILES string of the molecule is COc1ccc(C(O)CNC(=O)C2CNCCO2)cc1. The molecule has 6 nitrogen and oxygen atoms in total. The highest BCUT2D eigenvalue weighted by Crippen LogP contribution is 2.16. The Morgan fingerprint density at radius 2 is 2.30 bits per heavy atom. The van der Waals surface area contributed by atoms with E-state index in [9.17, 15) is 9.90 Å². The fourth-order valence-corrected chi connectivity index (χ4v) is 1.99. The van der Waals surface area contributed by atoms with E-state index in [1.54, 1.807) is 31.4 Å². The predicted octanol–water partition coefficient (Wildman–Crippen LogP) is -0.167. The minimum absolute atomic E-state index is 0.158. The summed E-state index contributed by atoms with van der Waals surface area (Å²) in [6.45, 7) is 1.95. The normalized spacial score (nSPS) is 20.2. The van der Waals surface area contributed by atoms with E-state index in [4.69, 9.17) is 9.47 Å². The van der Waals surface area contributed by atoms with E-state index in [0.717, 1.165) is 17.9 Å². The number of rotatable bonds is 5. The molecule has 2 rings (SSSR count). The Morgan fingerprint density at radius 1 is 1.55 bits per heavy atom. The molecule has 1 aromatic rings. The van der Waals surface area contributed by atoms with E-state index in [2.05, 4.69) is 10.6 Å². The molecule has 1 fully saturated rings. The van der Waals surface area contributed by atoms with Crippen LogP contribution in [0.2, 0.25) is 0 Å². The van der Waals surface area contributed by atoms with Crippen LogP contribution in [0.3, 0.4) is 0 Å². The summed E-state index contributed by atoms with van der Waals surface area (Å²) in [5.41, 5.74) is 0.730. The van der Waals surface area contributed by atoms with Gasteiger partial charge < -0.3 is 25.2 Å². The van der Waals surface area contributed by atoms with Gasteiger partial charge in [-0.25, -0.2) is 0 Å². The lowest BCUT2D eigenvalue weighted by atomic mass is 10.1. The molecular weight excluding hydrogens is 260 g/mol. The highest BCUT2D eigenvalue weighted by molar-refractivity contribution is 5.81. The molecule has 2 atom stereocenters. The van der Waals surface area contributed by atoms with Gasteiger partial charge in [-0.1, -0.05) is 12.1 Å². The van der Waals surface area contributed by atoms with Crippen molar-refractivity contribution in [1.29, 1.82) is 0 Å². The number of ether oxygens (including phenoxy) is 2. The molecule has 1 amide bonds. The van der Waals surface area contributed by atoms with Gasteiger partial charge in [-0.05, 0) is 17.7 Å². The van der Waals surface area contributed by atoms with Crippen molar-refractivity contribution in [2.75, 3.05) is 33.4 Å². The summed E-state index contributed by atoms with van der Waals surface area (Å²) in [5, 5.41) is 15.8. The number of hydrogen-bond acceptors (Lipinski definition) is 5. The third-order valence-electron chi connectivity index (χ3n) is 3.19. The van der Waals surface area contributed by atoms with Crippen LogP contribution in [0.4, 0.5) is 0 Å². The van der Waals surface area contributed by atoms with E-state index in [-0.39, 0.29) is 12.5 Å². The van der Waals surface area contributed by atoms with Gasteiger partial charge >= 0.3 is 0 Å². The average Bonchev–Trinajstić information content (AvgIpc) is 2.53. The highest BCUT2D eigenvalue weighted by Gasteiger charge is 2.22. The molecule has 0 spiro atoms. The van der Waals surface area contributed by atoms with E-state index >= 15 is 0 Å². The molecule has 1 aliphatic rings. The molecule has 0 bridgehead atoms. The molecule has 3 N–H and O–H groups in total. The van der Waals surface area contributed by atoms with Crippen molar-refractivity contribution >= 4 is 5.91 Å². The zero-order valence-electron chi connectivity index (χ0n) is 11.5. The minimum Gasteiger partial charge on any atom is -0.497 e. The van der Waals surface area contributed by atoms with Crippen LogP contribution in [0.15, 0.2) is 24.3 Å². The second-order valence-corrected chi connectivity index (χ2v) is 4.60. The summed E-state index contributed by atoms with van der Waals surface area (Å²) in [6, 6.07) is 7.09. The Labute approximate surface area is 118 Å². The van der Waals surface area contributed by atoms with Crippen molar-refractivity contribution < 1.29 is 19.4 Å². The Morgan fingerprint density at radius 3 is 2.90 bits per heavy atom. The minimum atomic E-state index is -0.749. The van der Waals surface area contributed by atoms with Gasteiger partial charge in [-0.3, -0.25) is 4.79 Å². The lowest BCUT2D eigenvalue weighted by Gasteiger charge is -2.23. The third-order valence-corrected chi connectivity index (χ3v) is 3.19. The average molecular weight is 280 g/mol. The Kier molecular flexibility index (Phi) is 5.34. The second kappa shape index (κ2) is 7.23. The Bertz CT molecular complexity index is 429. The Hall–Kier alpha value is -1.63. The molecule has 0 radical (unpaired) electrons. The monoisotopic (exact) mass is 280 g/mol. The number of nitrogens with one attached hydrogen (secondary N) is 2. The summed E-state index contributed by atoms with van der Waals surface area (Å²) in [7, 11) is 1.59. The summed E-state index contributed by atoms with van der Waals surface area (Å²) in [5.74, 6) is 0.524. The smallest absolute Gasteiger partial charge is 0.250 e. The van der Waals surface area contributed by atoms with E-state index in [1.807, 2.05) is 0 Å². The van der Waals surface area contributed by atoms with Crippen LogP contribution in [0.5, 0.6) is 5.75 Å². The summed E-state index contributed by atoms with van der Waals surface area (Å²) < 4.78 is 10.4. The Balaban J connectivity index is 1.81. The summed E-state index contributed by atoms with van der Waals surface area (Å²) >= 11 is 0. The number of methoxy groups -OCH3 is 1. The maximum absolute atomic E-state index is 11.8. The molecular formula is C14H20N2O4. The number of hydrogen-bond donors (Lipinski definition) is 3. The molecule has 0 saturated carbocycles. The number of benzene rings is 1. The summed E-state index contributed by atoms with van der Waals surface area (Å²) in [4.78, 5) is 11.8. The van der Waals surface area contributed by atoms with E-state index in [0.29, 0.717) is 13.2 Å². The molecule has 1 saturated heterocycles. The van der Waals surface area contributed by atoms with E-state index < -0.39 is 12.2 Å². The van der Waals surface area contributed by atoms with E-state index in [1.165, 1.54) is 0 Å². The van der Waals surface area contributed by atoms with Crippen LogP contribution in [-0.4, -0.2) is 50.5 Å². The van der Waals surface area contributed by atoms with Gasteiger partial charge in [0.25, 0.3) is 5.91 Å². The first-order valence-corrected chi connectivity index (χ1v) is 6.62. The van der Waals surface area contributed by atoms with Crippen molar-refractivity contribution in [1.82, 2.24) is 10.6 Å². The van der Waals surface area contributed by atoms with Crippen molar-refractivity contribution in [2.45, 2.75) is 12.2 Å². The first kappa shape index (κ1) is 14.8. The van der Waals surface area contributed by atoms with Gasteiger partial charge in [0.15, 0.2) is 0 Å². The maximum Gasteiger partial charge on any atom is 0.250 e. The van der Waals surface area contributed by atoms with Gasteiger partial charge in [0.2, 0.25) is 0 Å². The molecule has 20 heavy (non-hydrogen) atoms. The van der Waals surface area contributed by atoms with Gasteiger partial charge in [-0.15, -0.1) is 0 Å². The zero-order valence-corrected chi connectivity index (χ0v) is 11.5. The van der Waals surface area contributed by atoms with Crippen LogP contribution in [0.1, 0.15) is 11.7 Å². The molecule has 110 valence electrons. The lowest BCUT2D eigenvalue weighted by molar-refractivity contribution is -0.134. The zero-order chi connectivity index (χ0) is 14.4. The van der Waals surface area contributed by atoms with Gasteiger partial charge in [0.1, 0.15) is 11.9 Å². The standard InChI is InChI=1S/C14H20N2O4/c1-19-11-4-2-10(3-5-11)12(17)8-16-14(18)13-9-15-6-7-20-13/h2-5,12-13,15,17H,6-9H2,1H3,(H,16,18). The molecule has 0 aromatic heterocycles. The molecule has 2 unspecified atom stereocenters. The van der Waals surface area contributed by atoms with Gasteiger partial charge in [0, 0.05) is 19.6 Å². The third kappa shape index (κ3) is 3.93.